The zero-order valence-electron chi connectivity index (χ0n) is 12.6. The molecule has 5 rings (SSSR count). The molecule has 0 saturated heterocycles. The summed E-state index contributed by atoms with van der Waals surface area (Å²) in [6.07, 6.45) is 9.76. The Morgan fingerprint density at radius 3 is 2.39 bits per heavy atom. The molecule has 3 heteroatoms. The molecule has 0 bridgehead atoms. The standard InChI is InChI=1S/C20H15N3/c1-3-9-15(10-4-1)22-18-13-5-2-6-14-19(18)23-17-12-8-7-11-16(17)21-20(22)23/h1,3-14H,2H2. The van der Waals surface area contributed by atoms with Crippen molar-refractivity contribution in [1.82, 2.24) is 14.0 Å². The number of hydrogen-bond acceptors (Lipinski definition) is 1. The van der Waals surface area contributed by atoms with Gasteiger partial charge in [0.15, 0.2) is 0 Å². The predicted molar refractivity (Wildman–Crippen MR) is 94.7 cm³/mol. The maximum atomic E-state index is 4.89. The molecule has 0 radical (unpaired) electrons. The highest BCUT2D eigenvalue weighted by atomic mass is 15.2. The van der Waals surface area contributed by atoms with E-state index < -0.39 is 0 Å². The largest absolute Gasteiger partial charge is 0.278 e. The lowest BCUT2D eigenvalue weighted by atomic mass is 10.2. The first-order chi connectivity index (χ1) is 11.4. The number of nitrogens with zero attached hydrogens (tertiary/aromatic N) is 3. The van der Waals surface area contributed by atoms with Gasteiger partial charge >= 0.3 is 0 Å². The number of benzene rings is 2. The number of imidazole rings is 2. The van der Waals surface area contributed by atoms with Gasteiger partial charge in [0.05, 0.1) is 22.4 Å². The van der Waals surface area contributed by atoms with E-state index in [2.05, 4.69) is 75.7 Å². The van der Waals surface area contributed by atoms with Gasteiger partial charge in [0.1, 0.15) is 0 Å². The molecule has 0 aliphatic heterocycles. The second-order valence-electron chi connectivity index (χ2n) is 5.72. The van der Waals surface area contributed by atoms with Crippen molar-refractivity contribution in [1.29, 1.82) is 0 Å². The van der Waals surface area contributed by atoms with Crippen LogP contribution >= 0.6 is 0 Å². The summed E-state index contributed by atoms with van der Waals surface area (Å²) in [6.45, 7) is 0. The number of allylic oxidation sites excluding steroid dienone is 2. The molecular weight excluding hydrogens is 282 g/mol. The Kier molecular flexibility index (Phi) is 2.56. The van der Waals surface area contributed by atoms with Crippen molar-refractivity contribution < 1.29 is 0 Å². The third-order valence-electron chi connectivity index (χ3n) is 4.33. The van der Waals surface area contributed by atoms with Crippen LogP contribution in [-0.2, 0) is 0 Å². The fourth-order valence-electron chi connectivity index (χ4n) is 3.33. The van der Waals surface area contributed by atoms with Gasteiger partial charge in [0.2, 0.25) is 5.78 Å². The van der Waals surface area contributed by atoms with Crippen LogP contribution in [0.3, 0.4) is 0 Å². The van der Waals surface area contributed by atoms with Crippen molar-refractivity contribution in [3.8, 4) is 5.69 Å². The maximum Gasteiger partial charge on any atom is 0.220 e. The van der Waals surface area contributed by atoms with Gasteiger partial charge in [-0.1, -0.05) is 42.5 Å². The van der Waals surface area contributed by atoms with Crippen molar-refractivity contribution in [2.45, 2.75) is 6.42 Å². The van der Waals surface area contributed by atoms with Crippen LogP contribution in [0.4, 0.5) is 0 Å². The fraction of sp³-hybridized carbons (Fsp3) is 0.0500. The lowest BCUT2D eigenvalue weighted by Gasteiger charge is -2.06. The first-order valence-electron chi connectivity index (χ1n) is 7.84. The molecule has 0 N–H and O–H groups in total. The van der Waals surface area contributed by atoms with Crippen LogP contribution in [0.1, 0.15) is 17.8 Å². The third kappa shape index (κ3) is 1.73. The van der Waals surface area contributed by atoms with Gasteiger partial charge < -0.3 is 0 Å². The Bertz CT molecular complexity index is 1080. The highest BCUT2D eigenvalue weighted by Crippen LogP contribution is 2.30. The molecule has 1 aliphatic rings. The minimum atomic E-state index is 0.956. The summed E-state index contributed by atoms with van der Waals surface area (Å²) >= 11 is 0. The number of fused-ring (bicyclic) bond motifs is 5. The minimum Gasteiger partial charge on any atom is -0.278 e. The van der Waals surface area contributed by atoms with Crippen LogP contribution in [-0.4, -0.2) is 14.0 Å². The molecule has 0 amide bonds. The molecule has 0 unspecified atom stereocenters. The summed E-state index contributed by atoms with van der Waals surface area (Å²) in [5.74, 6) is 0.957. The average Bonchev–Trinajstić information content (AvgIpc) is 3.00. The van der Waals surface area contributed by atoms with E-state index >= 15 is 0 Å². The Hall–Kier alpha value is -3.07. The highest BCUT2D eigenvalue weighted by Gasteiger charge is 2.19. The van der Waals surface area contributed by atoms with E-state index in [1.54, 1.807) is 0 Å². The molecule has 1 aliphatic carbocycles. The van der Waals surface area contributed by atoms with Gasteiger partial charge in [0.25, 0.3) is 0 Å². The van der Waals surface area contributed by atoms with E-state index in [4.69, 9.17) is 4.98 Å². The second-order valence-corrected chi connectivity index (χ2v) is 5.72. The average molecular weight is 297 g/mol. The lowest BCUT2D eigenvalue weighted by Crippen LogP contribution is -1.97. The van der Waals surface area contributed by atoms with Crippen LogP contribution in [0.2, 0.25) is 0 Å². The molecule has 0 saturated carbocycles. The summed E-state index contributed by atoms with van der Waals surface area (Å²) in [5, 5.41) is 0. The van der Waals surface area contributed by atoms with E-state index in [9.17, 15) is 0 Å². The molecule has 110 valence electrons. The molecule has 0 fully saturated rings. The van der Waals surface area contributed by atoms with E-state index in [0.29, 0.717) is 0 Å². The van der Waals surface area contributed by atoms with E-state index in [1.807, 2.05) is 12.1 Å². The Morgan fingerprint density at radius 2 is 1.52 bits per heavy atom. The van der Waals surface area contributed by atoms with Crippen LogP contribution in [0.5, 0.6) is 0 Å². The summed E-state index contributed by atoms with van der Waals surface area (Å²) in [5.41, 5.74) is 5.67. The first kappa shape index (κ1) is 12.5. The molecule has 23 heavy (non-hydrogen) atoms. The lowest BCUT2D eigenvalue weighted by molar-refractivity contribution is 1.07. The molecule has 2 aromatic carbocycles. The topological polar surface area (TPSA) is 22.2 Å². The number of rotatable bonds is 1. The Labute approximate surface area is 133 Å². The Balaban J connectivity index is 2.00. The quantitative estimate of drug-likeness (QED) is 0.499. The van der Waals surface area contributed by atoms with Crippen molar-refractivity contribution in [2.24, 2.45) is 0 Å². The van der Waals surface area contributed by atoms with Crippen LogP contribution in [0.15, 0.2) is 66.7 Å². The summed E-state index contributed by atoms with van der Waals surface area (Å²) < 4.78 is 4.49. The maximum absolute atomic E-state index is 4.89. The summed E-state index contributed by atoms with van der Waals surface area (Å²) in [4.78, 5) is 4.89. The van der Waals surface area contributed by atoms with Crippen molar-refractivity contribution in [2.75, 3.05) is 0 Å². The molecule has 2 heterocycles. The second kappa shape index (κ2) is 4.71. The third-order valence-corrected chi connectivity index (χ3v) is 4.33. The van der Waals surface area contributed by atoms with Gasteiger partial charge in [-0.3, -0.25) is 8.97 Å². The summed E-state index contributed by atoms with van der Waals surface area (Å²) in [6, 6.07) is 18.7. The molecule has 0 atom stereocenters. The molecule has 0 spiro atoms. The van der Waals surface area contributed by atoms with Crippen LogP contribution in [0, 0.1) is 0 Å². The van der Waals surface area contributed by atoms with Gasteiger partial charge in [0, 0.05) is 5.69 Å². The van der Waals surface area contributed by atoms with Crippen molar-refractivity contribution >= 4 is 29.0 Å². The van der Waals surface area contributed by atoms with Gasteiger partial charge in [-0.25, -0.2) is 4.98 Å². The van der Waals surface area contributed by atoms with Gasteiger partial charge in [-0.2, -0.15) is 0 Å². The van der Waals surface area contributed by atoms with Crippen molar-refractivity contribution in [3.63, 3.8) is 0 Å². The molecule has 2 aromatic heterocycles. The number of hydrogen-bond donors (Lipinski definition) is 0. The fourth-order valence-corrected chi connectivity index (χ4v) is 3.33. The summed E-state index contributed by atoms with van der Waals surface area (Å²) in [7, 11) is 0. The highest BCUT2D eigenvalue weighted by molar-refractivity contribution is 5.84. The van der Waals surface area contributed by atoms with E-state index in [-0.39, 0.29) is 0 Å². The zero-order valence-corrected chi connectivity index (χ0v) is 12.6. The van der Waals surface area contributed by atoms with Gasteiger partial charge in [-0.05, 0) is 42.8 Å². The Morgan fingerprint density at radius 1 is 0.783 bits per heavy atom. The SMILES string of the molecule is C1=Cc2c(n3c4ccccc4nc3n2-c2ccccc2)C=CC1. The van der Waals surface area contributed by atoms with Crippen molar-refractivity contribution in [3.05, 3.63) is 78.1 Å². The zero-order chi connectivity index (χ0) is 15.2. The number of aromatic nitrogens is 3. The smallest absolute Gasteiger partial charge is 0.220 e. The number of para-hydroxylation sites is 3. The first-order valence-corrected chi connectivity index (χ1v) is 7.84. The van der Waals surface area contributed by atoms with E-state index in [1.165, 1.54) is 11.4 Å². The monoisotopic (exact) mass is 297 g/mol. The molecule has 3 nitrogen and oxygen atoms in total. The van der Waals surface area contributed by atoms with Crippen LogP contribution < -0.4 is 0 Å². The predicted octanol–water partition coefficient (Wildman–Crippen LogP) is 4.71. The molecular formula is C20H15N3. The minimum absolute atomic E-state index is 0.956. The van der Waals surface area contributed by atoms with E-state index in [0.717, 1.165) is 28.9 Å². The molecule has 4 aromatic rings. The normalized spacial score (nSPS) is 13.6. The van der Waals surface area contributed by atoms with Crippen LogP contribution in [0.25, 0.3) is 34.7 Å². The van der Waals surface area contributed by atoms with Gasteiger partial charge in [-0.15, -0.1) is 0 Å².